The van der Waals surface area contributed by atoms with Gasteiger partial charge in [0, 0.05) is 17.4 Å². The fourth-order valence-electron chi connectivity index (χ4n) is 0.736. The van der Waals surface area contributed by atoms with Crippen LogP contribution in [0.25, 0.3) is 0 Å². The summed E-state index contributed by atoms with van der Waals surface area (Å²) in [6.07, 6.45) is 0. The van der Waals surface area contributed by atoms with E-state index in [1.165, 1.54) is 0 Å². The summed E-state index contributed by atoms with van der Waals surface area (Å²) >= 11 is 0. The maximum atomic E-state index is 9.10. The van der Waals surface area contributed by atoms with E-state index >= 15 is 0 Å². The van der Waals surface area contributed by atoms with Gasteiger partial charge in [0.15, 0.2) is 0 Å². The highest BCUT2D eigenvalue weighted by Crippen LogP contribution is 2.17. The Balaban J connectivity index is 0.000000810. The first-order valence-corrected chi connectivity index (χ1v) is 2.97. The van der Waals surface area contributed by atoms with Crippen LogP contribution in [-0.4, -0.2) is 22.5 Å². The highest BCUT2D eigenvalue weighted by atomic mass is 27.0. The summed E-state index contributed by atoms with van der Waals surface area (Å²) in [6.45, 7) is 3.89. The quantitative estimate of drug-likeness (QED) is 0.556. The molecule has 0 atom stereocenters. The third-order valence-corrected chi connectivity index (χ3v) is 1.58. The Labute approximate surface area is 71.8 Å². The van der Waals surface area contributed by atoms with Gasteiger partial charge in [0.2, 0.25) is 0 Å². The average Bonchev–Trinajstić information content (AvgIpc) is 1.83. The lowest BCUT2D eigenvalue weighted by Gasteiger charge is -1.99. The van der Waals surface area contributed by atoms with Gasteiger partial charge < -0.3 is 5.11 Å². The molecule has 0 unspecified atom stereocenters. The first-order valence-electron chi connectivity index (χ1n) is 2.97. The Kier molecular flexibility index (Phi) is 3.49. The summed E-state index contributed by atoms with van der Waals surface area (Å²) in [7, 11) is 0. The summed E-state index contributed by atoms with van der Waals surface area (Å²) in [5, 5.41) is 9.10. The molecular weight excluding hydrogens is 139 g/mol. The molecule has 0 aromatic heterocycles. The predicted octanol–water partition coefficient (Wildman–Crippen LogP) is 1.63. The molecule has 1 N–H and O–H groups in total. The van der Waals surface area contributed by atoms with Crippen LogP contribution in [0.3, 0.4) is 0 Å². The van der Waals surface area contributed by atoms with Gasteiger partial charge >= 0.3 is 0 Å². The van der Waals surface area contributed by atoms with Gasteiger partial charge in [-0.25, -0.2) is 0 Å². The lowest BCUT2D eigenvalue weighted by atomic mass is 10.1. The molecule has 10 heavy (non-hydrogen) atoms. The van der Waals surface area contributed by atoms with E-state index in [1.54, 1.807) is 6.07 Å². The Bertz CT molecular complexity index is 200. The number of rotatable bonds is 0. The molecule has 1 aromatic rings. The van der Waals surface area contributed by atoms with Crippen LogP contribution in [0.2, 0.25) is 0 Å². The maximum absolute atomic E-state index is 9.10. The molecule has 0 bridgehead atoms. The fraction of sp³-hybridized carbons (Fsp3) is 0.250. The van der Waals surface area contributed by atoms with E-state index < -0.39 is 0 Å². The first kappa shape index (κ1) is 9.55. The second-order valence-corrected chi connectivity index (χ2v) is 2.22. The molecule has 0 amide bonds. The zero-order chi connectivity index (χ0) is 6.85. The molecule has 0 aliphatic heterocycles. The molecule has 1 nitrogen and oxygen atoms in total. The van der Waals surface area contributed by atoms with Gasteiger partial charge in [-0.15, -0.1) is 0 Å². The summed E-state index contributed by atoms with van der Waals surface area (Å²) < 4.78 is 0. The monoisotopic (exact) mass is 149 g/mol. The smallest absolute Gasteiger partial charge is 0.118 e. The van der Waals surface area contributed by atoms with Crippen LogP contribution in [0.4, 0.5) is 0 Å². The van der Waals surface area contributed by atoms with Crippen LogP contribution >= 0.6 is 0 Å². The number of phenols is 1. The molecular formula is C8H10AlO. The number of aromatic hydroxyl groups is 1. The van der Waals surface area contributed by atoms with Crippen molar-refractivity contribution >= 4 is 17.4 Å². The van der Waals surface area contributed by atoms with Crippen LogP contribution in [0.5, 0.6) is 5.75 Å². The van der Waals surface area contributed by atoms with E-state index in [9.17, 15) is 0 Å². The van der Waals surface area contributed by atoms with Gasteiger partial charge in [0.1, 0.15) is 5.75 Å². The molecule has 0 aliphatic carbocycles. The minimum absolute atomic E-state index is 0. The van der Waals surface area contributed by atoms with E-state index in [1.807, 2.05) is 26.0 Å². The van der Waals surface area contributed by atoms with E-state index in [-0.39, 0.29) is 17.4 Å². The number of hydrogen-bond donors (Lipinski definition) is 1. The van der Waals surface area contributed by atoms with Crippen molar-refractivity contribution in [2.45, 2.75) is 13.8 Å². The molecule has 0 saturated carbocycles. The Morgan fingerprint density at radius 3 is 2.20 bits per heavy atom. The summed E-state index contributed by atoms with van der Waals surface area (Å²) in [5.74, 6) is 0.384. The molecule has 3 radical (unpaired) electrons. The zero-order valence-electron chi connectivity index (χ0n) is 6.26. The van der Waals surface area contributed by atoms with Crippen molar-refractivity contribution in [2.75, 3.05) is 0 Å². The van der Waals surface area contributed by atoms with Crippen molar-refractivity contribution in [3.8, 4) is 5.75 Å². The van der Waals surface area contributed by atoms with Crippen LogP contribution < -0.4 is 0 Å². The standard InChI is InChI=1S/C8H10O.Al/c1-6-4-3-5-8(9)7(6)2;/h3-5,9H,1-2H3;. The average molecular weight is 149 g/mol. The van der Waals surface area contributed by atoms with Gasteiger partial charge in [-0.05, 0) is 31.0 Å². The largest absolute Gasteiger partial charge is 0.508 e. The number of phenolic OH excluding ortho intramolecular Hbond substituents is 1. The van der Waals surface area contributed by atoms with Crippen molar-refractivity contribution in [1.82, 2.24) is 0 Å². The fourth-order valence-corrected chi connectivity index (χ4v) is 0.736. The molecule has 0 heterocycles. The lowest BCUT2D eigenvalue weighted by molar-refractivity contribution is 0.470. The molecule has 0 fully saturated rings. The minimum Gasteiger partial charge on any atom is -0.508 e. The lowest BCUT2D eigenvalue weighted by Crippen LogP contribution is -1.78. The SMILES string of the molecule is Cc1cccc(O)c1C.[Al]. The summed E-state index contributed by atoms with van der Waals surface area (Å²) in [4.78, 5) is 0. The molecule has 2 heteroatoms. The molecule has 51 valence electrons. The van der Waals surface area contributed by atoms with Crippen molar-refractivity contribution in [1.29, 1.82) is 0 Å². The van der Waals surface area contributed by atoms with E-state index in [4.69, 9.17) is 5.11 Å². The molecule has 0 saturated heterocycles. The van der Waals surface area contributed by atoms with Crippen LogP contribution in [0, 0.1) is 13.8 Å². The van der Waals surface area contributed by atoms with Crippen LogP contribution in [-0.2, 0) is 0 Å². The molecule has 0 aliphatic rings. The topological polar surface area (TPSA) is 20.2 Å². The van der Waals surface area contributed by atoms with Crippen LogP contribution in [0.1, 0.15) is 11.1 Å². The third kappa shape index (κ3) is 1.77. The van der Waals surface area contributed by atoms with Gasteiger partial charge in [-0.2, -0.15) is 0 Å². The van der Waals surface area contributed by atoms with Crippen molar-refractivity contribution < 1.29 is 5.11 Å². The highest BCUT2D eigenvalue weighted by Gasteiger charge is 1.94. The van der Waals surface area contributed by atoms with Gasteiger partial charge in [0.05, 0.1) is 0 Å². The second-order valence-electron chi connectivity index (χ2n) is 2.22. The Hall–Kier alpha value is -0.448. The minimum atomic E-state index is 0. The van der Waals surface area contributed by atoms with E-state index in [2.05, 4.69) is 0 Å². The zero-order valence-corrected chi connectivity index (χ0v) is 7.41. The summed E-state index contributed by atoms with van der Waals surface area (Å²) in [5.41, 5.74) is 2.10. The molecule has 1 aromatic carbocycles. The first-order chi connectivity index (χ1) is 4.22. The Morgan fingerprint density at radius 1 is 1.20 bits per heavy atom. The molecule has 0 spiro atoms. The highest BCUT2D eigenvalue weighted by molar-refractivity contribution is 5.75. The van der Waals surface area contributed by atoms with E-state index in [0.29, 0.717) is 5.75 Å². The van der Waals surface area contributed by atoms with Crippen LogP contribution in [0.15, 0.2) is 18.2 Å². The normalized spacial score (nSPS) is 8.60. The van der Waals surface area contributed by atoms with E-state index in [0.717, 1.165) is 11.1 Å². The second kappa shape index (κ2) is 3.66. The maximum Gasteiger partial charge on any atom is 0.118 e. The van der Waals surface area contributed by atoms with Crippen molar-refractivity contribution in [2.24, 2.45) is 0 Å². The van der Waals surface area contributed by atoms with Gasteiger partial charge in [-0.3, -0.25) is 0 Å². The predicted molar refractivity (Wildman–Crippen MR) is 43.3 cm³/mol. The number of hydrogen-bond acceptors (Lipinski definition) is 1. The van der Waals surface area contributed by atoms with Gasteiger partial charge in [-0.1, -0.05) is 12.1 Å². The Morgan fingerprint density at radius 2 is 1.80 bits per heavy atom. The number of aryl methyl sites for hydroxylation is 1. The van der Waals surface area contributed by atoms with Crippen molar-refractivity contribution in [3.63, 3.8) is 0 Å². The summed E-state index contributed by atoms with van der Waals surface area (Å²) in [6, 6.07) is 5.52. The van der Waals surface area contributed by atoms with Gasteiger partial charge in [0.25, 0.3) is 0 Å². The number of benzene rings is 1. The van der Waals surface area contributed by atoms with Crippen molar-refractivity contribution in [3.05, 3.63) is 29.3 Å². The molecule has 1 rings (SSSR count). The third-order valence-electron chi connectivity index (χ3n) is 1.58.